The predicted molar refractivity (Wildman–Crippen MR) is 122 cm³/mol. The number of hydrogen-bond acceptors (Lipinski definition) is 5. The monoisotopic (exact) mass is 488 g/mol. The zero-order valence-electron chi connectivity index (χ0n) is 17.9. The van der Waals surface area contributed by atoms with E-state index in [1.165, 1.54) is 24.3 Å². The van der Waals surface area contributed by atoms with Gasteiger partial charge in [-0.2, -0.15) is 0 Å². The summed E-state index contributed by atoms with van der Waals surface area (Å²) >= 11 is 5.71. The average Bonchev–Trinajstić information content (AvgIpc) is 2.81. The van der Waals surface area contributed by atoms with Gasteiger partial charge in [-0.25, -0.2) is 13.6 Å². The fourth-order valence-electron chi connectivity index (χ4n) is 2.79. The number of amides is 2. The summed E-state index contributed by atoms with van der Waals surface area (Å²) in [7, 11) is 0. The second kappa shape index (κ2) is 11.2. The molecular formula is C24H19ClF2N2O5. The van der Waals surface area contributed by atoms with Gasteiger partial charge in [0.25, 0.3) is 11.8 Å². The first-order valence-electron chi connectivity index (χ1n) is 10.0. The van der Waals surface area contributed by atoms with Crippen LogP contribution in [0.25, 0.3) is 0 Å². The molecule has 34 heavy (non-hydrogen) atoms. The molecule has 3 aromatic rings. The summed E-state index contributed by atoms with van der Waals surface area (Å²) in [6.07, 6.45) is 0. The summed E-state index contributed by atoms with van der Waals surface area (Å²) in [6, 6.07) is 14.2. The van der Waals surface area contributed by atoms with Gasteiger partial charge >= 0.3 is 5.97 Å². The van der Waals surface area contributed by atoms with Crippen molar-refractivity contribution in [2.75, 3.05) is 23.8 Å². The maximum atomic E-state index is 13.3. The van der Waals surface area contributed by atoms with Crippen molar-refractivity contribution in [2.45, 2.75) is 6.92 Å². The third-order valence-corrected chi connectivity index (χ3v) is 4.73. The van der Waals surface area contributed by atoms with E-state index in [0.717, 1.165) is 0 Å². The van der Waals surface area contributed by atoms with E-state index >= 15 is 0 Å². The number of carbonyl (C=O) groups excluding carboxylic acids is 3. The van der Waals surface area contributed by atoms with E-state index < -0.39 is 35.7 Å². The molecule has 2 N–H and O–H groups in total. The highest BCUT2D eigenvalue weighted by Gasteiger charge is 2.17. The number of nitrogens with one attached hydrogen (secondary N) is 2. The van der Waals surface area contributed by atoms with Crippen LogP contribution in [0, 0.1) is 11.6 Å². The Labute approximate surface area is 198 Å². The third kappa shape index (κ3) is 6.52. The Morgan fingerprint density at radius 2 is 1.47 bits per heavy atom. The lowest BCUT2D eigenvalue weighted by Crippen LogP contribution is -2.21. The minimum absolute atomic E-state index is 0.344. The number of rotatable bonds is 8. The first kappa shape index (κ1) is 24.7. The summed E-state index contributed by atoms with van der Waals surface area (Å²) in [5.74, 6) is -3.90. The molecule has 0 bridgehead atoms. The van der Waals surface area contributed by atoms with E-state index in [-0.39, 0.29) is 10.9 Å². The zero-order chi connectivity index (χ0) is 24.7. The summed E-state index contributed by atoms with van der Waals surface area (Å²) < 4.78 is 36.6. The second-order valence-corrected chi connectivity index (χ2v) is 7.27. The lowest BCUT2D eigenvalue weighted by Gasteiger charge is -2.09. The molecule has 3 rings (SSSR count). The van der Waals surface area contributed by atoms with Crippen LogP contribution in [0.4, 0.5) is 20.2 Å². The molecule has 3 aromatic carbocycles. The number of carbonyl (C=O) groups is 3. The number of benzene rings is 3. The van der Waals surface area contributed by atoms with Gasteiger partial charge in [-0.05, 0) is 67.6 Å². The molecule has 0 heterocycles. The van der Waals surface area contributed by atoms with Crippen molar-refractivity contribution in [1.82, 2.24) is 0 Å². The van der Waals surface area contributed by atoms with Gasteiger partial charge in [-0.15, -0.1) is 0 Å². The molecule has 0 atom stereocenters. The number of anilines is 2. The molecule has 0 saturated carbocycles. The zero-order valence-corrected chi connectivity index (χ0v) is 18.6. The molecule has 176 valence electrons. The Balaban J connectivity index is 1.51. The summed E-state index contributed by atoms with van der Waals surface area (Å²) in [4.78, 5) is 36.4. The van der Waals surface area contributed by atoms with Crippen molar-refractivity contribution in [3.05, 3.63) is 88.4 Å². The highest BCUT2D eigenvalue weighted by atomic mass is 35.5. The Hall–Kier alpha value is -3.98. The van der Waals surface area contributed by atoms with Gasteiger partial charge in [0.15, 0.2) is 18.2 Å². The minimum Gasteiger partial charge on any atom is -0.494 e. The minimum atomic E-state index is -1.27. The van der Waals surface area contributed by atoms with Gasteiger partial charge in [0.1, 0.15) is 5.75 Å². The highest BCUT2D eigenvalue weighted by Crippen LogP contribution is 2.21. The van der Waals surface area contributed by atoms with Gasteiger partial charge in [-0.1, -0.05) is 11.6 Å². The lowest BCUT2D eigenvalue weighted by molar-refractivity contribution is -0.119. The van der Waals surface area contributed by atoms with Crippen molar-refractivity contribution >= 4 is 40.8 Å². The van der Waals surface area contributed by atoms with Crippen molar-refractivity contribution in [3.8, 4) is 5.75 Å². The molecule has 2 amide bonds. The van der Waals surface area contributed by atoms with E-state index in [1.807, 2.05) is 6.92 Å². The van der Waals surface area contributed by atoms with Gasteiger partial charge in [0.2, 0.25) is 0 Å². The van der Waals surface area contributed by atoms with Crippen molar-refractivity contribution in [2.24, 2.45) is 0 Å². The van der Waals surface area contributed by atoms with E-state index in [1.54, 1.807) is 24.3 Å². The van der Waals surface area contributed by atoms with Crippen LogP contribution in [0.2, 0.25) is 5.02 Å². The van der Waals surface area contributed by atoms with E-state index in [2.05, 4.69) is 10.6 Å². The Kier molecular flexibility index (Phi) is 8.15. The van der Waals surface area contributed by atoms with E-state index in [0.29, 0.717) is 41.4 Å². The molecule has 0 aromatic heterocycles. The second-order valence-electron chi connectivity index (χ2n) is 6.86. The van der Waals surface area contributed by atoms with Gasteiger partial charge in [-0.3, -0.25) is 9.59 Å². The van der Waals surface area contributed by atoms with Gasteiger partial charge in [0, 0.05) is 16.9 Å². The fraction of sp³-hybridized carbons (Fsp3) is 0.125. The van der Waals surface area contributed by atoms with E-state index in [4.69, 9.17) is 21.1 Å². The fourth-order valence-corrected chi connectivity index (χ4v) is 3.02. The molecule has 0 radical (unpaired) electrons. The molecule has 0 spiro atoms. The molecule has 10 heteroatoms. The summed E-state index contributed by atoms with van der Waals surface area (Å²) in [6.45, 7) is 1.73. The normalized spacial score (nSPS) is 10.4. The quantitative estimate of drug-likeness (QED) is 0.341. The molecule has 0 aliphatic heterocycles. The number of ether oxygens (including phenoxy) is 2. The maximum absolute atomic E-state index is 13.3. The molecular weight excluding hydrogens is 470 g/mol. The molecule has 0 aliphatic rings. The lowest BCUT2D eigenvalue weighted by atomic mass is 10.2. The van der Waals surface area contributed by atoms with Crippen LogP contribution in [0.1, 0.15) is 27.6 Å². The highest BCUT2D eigenvalue weighted by molar-refractivity contribution is 6.33. The smallest absolute Gasteiger partial charge is 0.340 e. The summed E-state index contributed by atoms with van der Waals surface area (Å²) in [5, 5.41) is 4.89. The largest absolute Gasteiger partial charge is 0.494 e. The third-order valence-electron chi connectivity index (χ3n) is 4.42. The van der Waals surface area contributed by atoms with Crippen molar-refractivity contribution < 1.29 is 32.6 Å². The van der Waals surface area contributed by atoms with Crippen LogP contribution in [-0.2, 0) is 9.53 Å². The Morgan fingerprint density at radius 3 is 2.12 bits per heavy atom. The van der Waals surface area contributed by atoms with Crippen LogP contribution >= 0.6 is 11.6 Å². The first-order chi connectivity index (χ1) is 16.3. The van der Waals surface area contributed by atoms with Crippen LogP contribution < -0.4 is 15.4 Å². The van der Waals surface area contributed by atoms with Crippen LogP contribution in [0.3, 0.4) is 0 Å². The van der Waals surface area contributed by atoms with Crippen LogP contribution in [0.15, 0.2) is 60.7 Å². The number of hydrogen-bond donors (Lipinski definition) is 2. The number of halogens is 3. The van der Waals surface area contributed by atoms with Crippen molar-refractivity contribution in [3.63, 3.8) is 0 Å². The van der Waals surface area contributed by atoms with Crippen LogP contribution in [0.5, 0.6) is 5.75 Å². The van der Waals surface area contributed by atoms with Crippen molar-refractivity contribution in [1.29, 1.82) is 0 Å². The standard InChI is InChI=1S/C24H19ClF2N2O5/c1-2-33-17-9-7-16(8-10-17)29-23(31)14-3-5-15(6-4-14)28-22(30)13-34-24(32)18-11-20(26)21(27)12-19(18)25/h3-12H,2,13H2,1H3,(H,28,30)(H,29,31). The maximum Gasteiger partial charge on any atom is 0.340 e. The summed E-state index contributed by atoms with van der Waals surface area (Å²) in [5.41, 5.74) is 0.890. The first-order valence-corrected chi connectivity index (χ1v) is 10.4. The average molecular weight is 489 g/mol. The van der Waals surface area contributed by atoms with Gasteiger partial charge < -0.3 is 20.1 Å². The Bertz CT molecular complexity index is 1200. The Morgan fingerprint density at radius 1 is 0.882 bits per heavy atom. The number of esters is 1. The SMILES string of the molecule is CCOc1ccc(NC(=O)c2ccc(NC(=O)COC(=O)c3cc(F)c(F)cc3Cl)cc2)cc1. The molecule has 0 unspecified atom stereocenters. The molecule has 7 nitrogen and oxygen atoms in total. The van der Waals surface area contributed by atoms with Crippen LogP contribution in [-0.4, -0.2) is 31.0 Å². The molecule has 0 saturated heterocycles. The predicted octanol–water partition coefficient (Wildman–Crippen LogP) is 5.06. The van der Waals surface area contributed by atoms with E-state index in [9.17, 15) is 23.2 Å². The molecule has 0 fully saturated rings. The topological polar surface area (TPSA) is 93.7 Å². The molecule has 0 aliphatic carbocycles. The van der Waals surface area contributed by atoms with Gasteiger partial charge in [0.05, 0.1) is 17.2 Å².